The maximum absolute atomic E-state index is 14.7. The normalized spacial score (nSPS) is 15.9. The van der Waals surface area contributed by atoms with Crippen LogP contribution in [0.3, 0.4) is 0 Å². The fraction of sp³-hybridized carbons (Fsp3) is 0.667. The third-order valence-electron chi connectivity index (χ3n) is 13.5. The number of aliphatic hydroxyl groups is 1. The van der Waals surface area contributed by atoms with Crippen LogP contribution in [-0.2, 0) is 47.4 Å². The lowest BCUT2D eigenvalue weighted by Gasteiger charge is -2.38. The summed E-state index contributed by atoms with van der Waals surface area (Å²) in [5.41, 5.74) is 71.5. The molecule has 1 saturated heterocycles. The number of carbonyl (C=O) groups excluding carboxylic acids is 7. The molecule has 2 rings (SSSR count). The summed E-state index contributed by atoms with van der Waals surface area (Å²) in [5, 5.41) is 30.8. The fourth-order valence-electron chi connectivity index (χ4n) is 8.95. The number of anilines is 1. The molecule has 1 aliphatic rings. The Kier molecular flexibility index (Phi) is 37.2. The van der Waals surface area contributed by atoms with E-state index in [1.54, 1.807) is 0 Å². The standard InChI is InChI=1S/C51H97N30O12P/c1-28(82)72-31(11-5-18-66-46(55)56)40(85)74-33(13-7-20-68-48(59)60)42(87)76-35(15-9-22-70-50(63)64)44(89)77-34(14-8-21-69-49(61)62)43(88)75-32(12-6-19-67-47(57)58)41(86)73-30(10-4-17-65-45(53)54)39(84)71-24-37(83)80-25-29(27-92-94(91)79(2)3)93-38(26-80)81-23-16-36(52)78-51(81)90/h16,23,29-35,38,41,73,86H,4-15,17-22,24-27H2,1-3H3,(H31-,52,53,54,55,56,57,58,59,60,61,62,63,64,65,66,67,68,69,70,71,72,74,75,76,77,78,82,84,85,87,88,89,90)/p+1/t29-,30-,31-,32-,33-,34-,35-,38+,41?/m0/s1. The average Bonchev–Trinajstić information content (AvgIpc) is 0.879. The Bertz CT molecular complexity index is 2870. The van der Waals surface area contributed by atoms with Gasteiger partial charge in [-0.15, -0.1) is 4.52 Å². The molecule has 0 saturated carbocycles. The Hall–Kier alpha value is -9.51. The van der Waals surface area contributed by atoms with Crippen molar-refractivity contribution in [1.29, 1.82) is 0 Å². The first-order chi connectivity index (χ1) is 44.4. The summed E-state index contributed by atoms with van der Waals surface area (Å²) in [5.74, 6) is -6.98. The molecule has 1 aromatic heterocycles. The van der Waals surface area contributed by atoms with E-state index in [-0.39, 0.29) is 178 Å². The number of hydrogen-bond donors (Lipinski definition) is 21. The van der Waals surface area contributed by atoms with Gasteiger partial charge in [-0.2, -0.15) is 4.98 Å². The topological polar surface area (TPSA) is 713 Å². The van der Waals surface area contributed by atoms with Crippen LogP contribution in [0.2, 0.25) is 0 Å². The Balaban J connectivity index is 2.61. The van der Waals surface area contributed by atoms with Crippen molar-refractivity contribution >= 4 is 91.1 Å². The molecule has 94 heavy (non-hydrogen) atoms. The molecule has 10 atom stereocenters. The van der Waals surface area contributed by atoms with Crippen molar-refractivity contribution in [3.8, 4) is 0 Å². The SMILES string of the molecule is CC(=O)N[C@@H](CCCN=C(N)N)C(=O)N[C@@H](CCCN=C(N)N)C(=O)N[C@@H](CCCN=C(N)N)C(=O)N[C@@H](CCCN=C(N)N)C(=O)N[C@@H](CCCN=C(N)N)C(O)N[C@@H](CCCN=C(N)N)C(=O)NCC(=O)N1C[C@@H](CO[P+](=O)N(C)C)O[C@@H](n2ccc(N)nc2=O)C1. The molecular weight excluding hydrogens is 1260 g/mol. The number of guanidine groups is 6. The molecule has 1 aliphatic heterocycles. The minimum Gasteiger partial charge on any atom is -0.383 e. The van der Waals surface area contributed by atoms with Crippen molar-refractivity contribution in [3.05, 3.63) is 22.7 Å². The summed E-state index contributed by atoms with van der Waals surface area (Å²) in [6.45, 7) is 0.0807. The first kappa shape index (κ1) is 80.6. The van der Waals surface area contributed by atoms with Gasteiger partial charge in [0, 0.05) is 73.0 Å². The van der Waals surface area contributed by atoms with Gasteiger partial charge in [0.25, 0.3) is 0 Å². The second-order valence-corrected chi connectivity index (χ2v) is 23.1. The lowest BCUT2D eigenvalue weighted by molar-refractivity contribution is -0.158. The molecule has 2 heterocycles. The largest absolute Gasteiger partial charge is 0.615 e. The van der Waals surface area contributed by atoms with E-state index in [1.807, 2.05) is 0 Å². The number of morpholine rings is 1. The average molecular weight is 1350 g/mol. The summed E-state index contributed by atoms with van der Waals surface area (Å²) >= 11 is 0. The van der Waals surface area contributed by atoms with Gasteiger partial charge < -0.3 is 121 Å². The minimum absolute atomic E-state index is 0.00180. The quantitative estimate of drug-likeness (QED) is 0.00948. The third-order valence-corrected chi connectivity index (χ3v) is 14.5. The number of nitrogens with one attached hydrogen (secondary N) is 7. The molecule has 34 N–H and O–H groups in total. The highest BCUT2D eigenvalue weighted by molar-refractivity contribution is 7.36. The van der Waals surface area contributed by atoms with Crippen LogP contribution < -0.4 is 117 Å². The van der Waals surface area contributed by atoms with E-state index in [4.69, 9.17) is 83.8 Å². The van der Waals surface area contributed by atoms with E-state index in [1.165, 1.54) is 42.9 Å². The number of aromatic nitrogens is 2. The lowest BCUT2D eigenvalue weighted by Crippen LogP contribution is -2.60. The van der Waals surface area contributed by atoms with Gasteiger partial charge in [-0.1, -0.05) is 4.67 Å². The first-order valence-corrected chi connectivity index (χ1v) is 31.1. The monoisotopic (exact) mass is 1350 g/mol. The number of amides is 7. The van der Waals surface area contributed by atoms with Gasteiger partial charge in [0.1, 0.15) is 48.9 Å². The molecule has 0 aliphatic carbocycles. The fourth-order valence-corrected chi connectivity index (χ4v) is 9.48. The Morgan fingerprint density at radius 1 is 0.606 bits per heavy atom. The molecular formula is C51H98N30O12P+. The number of rotatable bonds is 44. The molecule has 2 unspecified atom stereocenters. The molecule has 0 aromatic carbocycles. The highest BCUT2D eigenvalue weighted by Gasteiger charge is 2.37. The highest BCUT2D eigenvalue weighted by atomic mass is 31.1. The Morgan fingerprint density at radius 2 is 0.989 bits per heavy atom. The van der Waals surface area contributed by atoms with Crippen LogP contribution in [0.25, 0.3) is 0 Å². The van der Waals surface area contributed by atoms with Crippen molar-refractivity contribution in [1.82, 2.24) is 56.3 Å². The number of nitrogen functional groups attached to an aromatic ring is 1. The number of ether oxygens (including phenoxy) is 1. The summed E-state index contributed by atoms with van der Waals surface area (Å²) in [6, 6.07) is -6.76. The number of hydrogen-bond acceptors (Lipinski definition) is 21. The second kappa shape index (κ2) is 43.3. The number of aliphatic hydroxyl groups excluding tert-OH is 1. The van der Waals surface area contributed by atoms with E-state index < -0.39 is 117 Å². The van der Waals surface area contributed by atoms with Crippen LogP contribution in [0.5, 0.6) is 0 Å². The van der Waals surface area contributed by atoms with Crippen molar-refractivity contribution in [2.45, 2.75) is 139 Å². The lowest BCUT2D eigenvalue weighted by atomic mass is 10.0. The van der Waals surface area contributed by atoms with Crippen LogP contribution in [0.15, 0.2) is 47.0 Å². The number of aliphatic imine (C=N–C) groups is 6. The van der Waals surface area contributed by atoms with Crippen molar-refractivity contribution < 1.29 is 52.5 Å². The van der Waals surface area contributed by atoms with E-state index >= 15 is 0 Å². The molecule has 528 valence electrons. The smallest absolute Gasteiger partial charge is 0.383 e. The van der Waals surface area contributed by atoms with Crippen molar-refractivity contribution in [3.63, 3.8) is 0 Å². The van der Waals surface area contributed by atoms with Gasteiger partial charge in [-0.05, 0) is 87.7 Å². The third kappa shape index (κ3) is 33.7. The van der Waals surface area contributed by atoms with Crippen LogP contribution in [-0.4, -0.2) is 230 Å². The summed E-state index contributed by atoms with van der Waals surface area (Å²) in [6.07, 6.45) is -2.22. The number of nitrogens with zero attached hydrogens (tertiary/aromatic N) is 10. The van der Waals surface area contributed by atoms with E-state index in [9.17, 15) is 48.0 Å². The van der Waals surface area contributed by atoms with Crippen LogP contribution in [0, 0.1) is 0 Å². The maximum Gasteiger partial charge on any atom is 0.615 e. The molecule has 0 bridgehead atoms. The Labute approximate surface area is 544 Å². The van der Waals surface area contributed by atoms with Gasteiger partial charge in [0.2, 0.25) is 41.4 Å². The number of carbonyl (C=O) groups is 7. The molecule has 7 amide bonds. The highest BCUT2D eigenvalue weighted by Crippen LogP contribution is 2.27. The zero-order valence-corrected chi connectivity index (χ0v) is 54.2. The molecule has 1 fully saturated rings. The van der Waals surface area contributed by atoms with Gasteiger partial charge in [-0.3, -0.25) is 73.4 Å². The molecule has 0 spiro atoms. The summed E-state index contributed by atoms with van der Waals surface area (Å²) in [7, 11) is 0.766. The second-order valence-electron chi connectivity index (χ2n) is 21.6. The molecule has 42 nitrogen and oxygen atoms in total. The van der Waals surface area contributed by atoms with E-state index in [0.717, 1.165) is 4.57 Å². The van der Waals surface area contributed by atoms with E-state index in [0.29, 0.717) is 0 Å². The molecule has 1 aromatic rings. The van der Waals surface area contributed by atoms with Gasteiger partial charge in [0.05, 0.1) is 25.2 Å². The van der Waals surface area contributed by atoms with E-state index in [2.05, 4.69) is 72.2 Å². The first-order valence-electron chi connectivity index (χ1n) is 29.9. The maximum atomic E-state index is 14.7. The minimum atomic E-state index is -2.29. The van der Waals surface area contributed by atoms with Crippen LogP contribution in [0.1, 0.15) is 90.2 Å². The van der Waals surface area contributed by atoms with Crippen molar-refractivity contribution in [2.75, 3.05) is 85.3 Å². The van der Waals surface area contributed by atoms with Crippen molar-refractivity contribution in [2.24, 2.45) is 98.8 Å². The van der Waals surface area contributed by atoms with Gasteiger partial charge >= 0.3 is 13.9 Å². The van der Waals surface area contributed by atoms with Gasteiger partial charge in [0.15, 0.2) is 42.0 Å². The predicted molar refractivity (Wildman–Crippen MR) is 351 cm³/mol. The zero-order valence-electron chi connectivity index (χ0n) is 53.3. The van der Waals surface area contributed by atoms with Crippen LogP contribution >= 0.6 is 8.18 Å². The van der Waals surface area contributed by atoms with Crippen LogP contribution in [0.4, 0.5) is 5.82 Å². The zero-order chi connectivity index (χ0) is 70.5. The molecule has 43 heteroatoms. The number of nitrogens with two attached hydrogens (primary N) is 13. The predicted octanol–water partition coefficient (Wildman–Crippen LogP) is -10.1. The summed E-state index contributed by atoms with van der Waals surface area (Å²) < 4.78 is 26.5. The van der Waals surface area contributed by atoms with Gasteiger partial charge in [-0.25, -0.2) is 4.79 Å². The molecule has 0 radical (unpaired) electrons. The summed E-state index contributed by atoms with van der Waals surface area (Å²) in [4.78, 5) is 140. The Morgan fingerprint density at radius 3 is 1.37 bits per heavy atom.